The third-order valence-corrected chi connectivity index (χ3v) is 3.33. The molecule has 0 amide bonds. The Morgan fingerprint density at radius 3 is 2.57 bits per heavy atom. The molecule has 1 atom stereocenters. The fourth-order valence-corrected chi connectivity index (χ4v) is 2.15. The third kappa shape index (κ3) is 4.65. The summed E-state index contributed by atoms with van der Waals surface area (Å²) in [5.41, 5.74) is 1.20. The molecule has 2 aromatic rings. The molecule has 2 rings (SSSR count). The highest BCUT2D eigenvalue weighted by Crippen LogP contribution is 2.19. The van der Waals surface area contributed by atoms with Crippen LogP contribution in [0.15, 0.2) is 34.7 Å². The van der Waals surface area contributed by atoms with Crippen LogP contribution < -0.4 is 5.32 Å². The summed E-state index contributed by atoms with van der Waals surface area (Å²) in [6.45, 7) is 4.78. The van der Waals surface area contributed by atoms with Gasteiger partial charge in [0.15, 0.2) is 0 Å². The quantitative estimate of drug-likeness (QED) is 0.782. The Balaban J connectivity index is 1.98. The number of benzene rings is 1. The fraction of sp³-hybridized carbons (Fsp3) is 0.500. The van der Waals surface area contributed by atoms with Crippen LogP contribution in [0.1, 0.15) is 56.0 Å². The van der Waals surface area contributed by atoms with Crippen LogP contribution in [0.25, 0.3) is 0 Å². The highest BCUT2D eigenvalue weighted by molar-refractivity contribution is 5.18. The van der Waals surface area contributed by atoms with Gasteiger partial charge in [-0.1, -0.05) is 44.2 Å². The van der Waals surface area contributed by atoms with E-state index in [0.717, 1.165) is 12.8 Å². The lowest BCUT2D eigenvalue weighted by atomic mass is 10.0. The predicted molar refractivity (Wildman–Crippen MR) is 80.7 cm³/mol. The van der Waals surface area contributed by atoms with E-state index in [9.17, 15) is 0 Å². The van der Waals surface area contributed by atoms with Crippen molar-refractivity contribution >= 4 is 0 Å². The number of hydrogen-bond acceptors (Lipinski definition) is 5. The largest absolute Gasteiger partial charge is 0.424 e. The molecule has 0 saturated carbocycles. The number of nitrogens with one attached hydrogen (secondary N) is 1. The molecule has 0 aliphatic rings. The van der Waals surface area contributed by atoms with Crippen molar-refractivity contribution in [3.05, 3.63) is 47.7 Å². The van der Waals surface area contributed by atoms with Crippen molar-refractivity contribution in [2.24, 2.45) is 0 Å². The van der Waals surface area contributed by atoms with Crippen molar-refractivity contribution in [3.8, 4) is 0 Å². The highest BCUT2D eigenvalue weighted by atomic mass is 16.4. The number of aliphatic hydroxyl groups excluding tert-OH is 1. The fourth-order valence-electron chi connectivity index (χ4n) is 2.15. The van der Waals surface area contributed by atoms with Crippen LogP contribution in [0.4, 0.5) is 0 Å². The molecule has 0 aliphatic carbocycles. The van der Waals surface area contributed by atoms with Crippen LogP contribution in [0, 0.1) is 0 Å². The number of aliphatic hydroxyl groups is 1. The van der Waals surface area contributed by atoms with Gasteiger partial charge in [0, 0.05) is 18.6 Å². The van der Waals surface area contributed by atoms with Gasteiger partial charge < -0.3 is 14.8 Å². The third-order valence-electron chi connectivity index (χ3n) is 3.33. The maximum atomic E-state index is 9.04. The van der Waals surface area contributed by atoms with E-state index >= 15 is 0 Å². The van der Waals surface area contributed by atoms with E-state index in [0.29, 0.717) is 18.3 Å². The number of hydrogen-bond donors (Lipinski definition) is 2. The van der Waals surface area contributed by atoms with E-state index in [4.69, 9.17) is 9.52 Å². The molecule has 0 saturated heterocycles. The maximum absolute atomic E-state index is 9.04. The van der Waals surface area contributed by atoms with Gasteiger partial charge in [0.2, 0.25) is 11.8 Å². The van der Waals surface area contributed by atoms with Gasteiger partial charge >= 0.3 is 0 Å². The summed E-state index contributed by atoms with van der Waals surface area (Å²) in [5.74, 6) is 1.51. The molecule has 114 valence electrons. The van der Waals surface area contributed by atoms with Gasteiger partial charge in [-0.3, -0.25) is 0 Å². The van der Waals surface area contributed by atoms with Crippen LogP contribution in [0.5, 0.6) is 0 Å². The van der Waals surface area contributed by atoms with Crippen LogP contribution in [0.2, 0.25) is 0 Å². The van der Waals surface area contributed by atoms with E-state index < -0.39 is 0 Å². The summed E-state index contributed by atoms with van der Waals surface area (Å²) < 4.78 is 5.60. The summed E-state index contributed by atoms with van der Waals surface area (Å²) in [6, 6.07) is 10.4. The summed E-state index contributed by atoms with van der Waals surface area (Å²) in [7, 11) is 0. The molecular weight excluding hydrogens is 266 g/mol. The molecule has 1 aromatic carbocycles. The molecule has 0 bridgehead atoms. The van der Waals surface area contributed by atoms with Crippen LogP contribution in [-0.4, -0.2) is 21.9 Å². The van der Waals surface area contributed by atoms with E-state index in [1.807, 2.05) is 32.0 Å². The second-order valence-corrected chi connectivity index (χ2v) is 5.40. The zero-order chi connectivity index (χ0) is 15.1. The summed E-state index contributed by atoms with van der Waals surface area (Å²) in [5, 5.41) is 20.6. The highest BCUT2D eigenvalue weighted by Gasteiger charge is 2.13. The topological polar surface area (TPSA) is 71.2 Å². The monoisotopic (exact) mass is 289 g/mol. The zero-order valence-electron chi connectivity index (χ0n) is 12.6. The number of rotatable bonds is 8. The lowest BCUT2D eigenvalue weighted by Crippen LogP contribution is -2.21. The average molecular weight is 289 g/mol. The Bertz CT molecular complexity index is 525. The number of nitrogens with zero attached hydrogens (tertiary/aromatic N) is 2. The molecule has 5 nitrogen and oxygen atoms in total. The molecule has 0 fully saturated rings. The maximum Gasteiger partial charge on any atom is 0.230 e. The standard InChI is InChI=1S/C16H23N3O2/c1-12(2)16-19-18-15(21-16)11-17-14(9-6-10-20)13-7-4-3-5-8-13/h3-5,7-8,12,14,17,20H,6,9-11H2,1-2H3. The Morgan fingerprint density at radius 1 is 1.19 bits per heavy atom. The van der Waals surface area contributed by atoms with Crippen LogP contribution >= 0.6 is 0 Å². The Hall–Kier alpha value is -1.72. The van der Waals surface area contributed by atoms with Crippen LogP contribution in [-0.2, 0) is 6.54 Å². The van der Waals surface area contributed by atoms with Crippen molar-refractivity contribution in [2.75, 3.05) is 6.61 Å². The van der Waals surface area contributed by atoms with Gasteiger partial charge in [-0.05, 0) is 18.4 Å². The first-order valence-corrected chi connectivity index (χ1v) is 7.42. The molecule has 21 heavy (non-hydrogen) atoms. The molecule has 0 radical (unpaired) electrons. The van der Waals surface area contributed by atoms with Gasteiger partial charge in [-0.2, -0.15) is 0 Å². The Morgan fingerprint density at radius 2 is 1.95 bits per heavy atom. The van der Waals surface area contributed by atoms with E-state index in [1.54, 1.807) is 0 Å². The van der Waals surface area contributed by atoms with E-state index in [1.165, 1.54) is 5.56 Å². The molecule has 2 N–H and O–H groups in total. The van der Waals surface area contributed by atoms with Gasteiger partial charge in [0.1, 0.15) is 0 Å². The summed E-state index contributed by atoms with van der Waals surface area (Å²) in [4.78, 5) is 0. The SMILES string of the molecule is CC(C)c1nnc(CNC(CCCO)c2ccccc2)o1. The first-order chi connectivity index (χ1) is 10.2. The van der Waals surface area contributed by atoms with Crippen molar-refractivity contribution in [1.82, 2.24) is 15.5 Å². The Kier molecular flexibility index (Phi) is 5.90. The van der Waals surface area contributed by atoms with Crippen molar-refractivity contribution < 1.29 is 9.52 Å². The smallest absolute Gasteiger partial charge is 0.230 e. The van der Waals surface area contributed by atoms with Gasteiger partial charge in [0.25, 0.3) is 0 Å². The molecule has 1 heterocycles. The molecule has 5 heteroatoms. The van der Waals surface area contributed by atoms with Crippen molar-refractivity contribution in [3.63, 3.8) is 0 Å². The minimum atomic E-state index is 0.174. The zero-order valence-corrected chi connectivity index (χ0v) is 12.6. The summed E-state index contributed by atoms with van der Waals surface area (Å²) in [6.07, 6.45) is 1.62. The Labute approximate surface area is 125 Å². The molecule has 0 aliphatic heterocycles. The van der Waals surface area contributed by atoms with E-state index in [2.05, 4.69) is 27.6 Å². The van der Waals surface area contributed by atoms with Crippen molar-refractivity contribution in [2.45, 2.75) is 45.2 Å². The first-order valence-electron chi connectivity index (χ1n) is 7.42. The van der Waals surface area contributed by atoms with Gasteiger partial charge in [0.05, 0.1) is 6.54 Å². The molecular formula is C16H23N3O2. The number of aromatic nitrogens is 2. The summed E-state index contributed by atoms with van der Waals surface area (Å²) >= 11 is 0. The lowest BCUT2D eigenvalue weighted by molar-refractivity contribution is 0.273. The average Bonchev–Trinajstić information content (AvgIpc) is 2.97. The van der Waals surface area contributed by atoms with Crippen LogP contribution in [0.3, 0.4) is 0 Å². The minimum Gasteiger partial charge on any atom is -0.424 e. The van der Waals surface area contributed by atoms with Crippen molar-refractivity contribution in [1.29, 1.82) is 0 Å². The predicted octanol–water partition coefficient (Wildman–Crippen LogP) is 2.80. The molecule has 1 aromatic heterocycles. The van der Waals surface area contributed by atoms with Gasteiger partial charge in [-0.25, -0.2) is 0 Å². The minimum absolute atomic E-state index is 0.174. The van der Waals surface area contributed by atoms with E-state index in [-0.39, 0.29) is 18.6 Å². The molecule has 1 unspecified atom stereocenters. The second kappa shape index (κ2) is 7.90. The lowest BCUT2D eigenvalue weighted by Gasteiger charge is -2.17. The first kappa shape index (κ1) is 15.7. The normalized spacial score (nSPS) is 12.8. The second-order valence-electron chi connectivity index (χ2n) is 5.40. The van der Waals surface area contributed by atoms with Gasteiger partial charge in [-0.15, -0.1) is 10.2 Å². The molecule has 0 spiro atoms.